The number of aliphatic hydroxyl groups is 1. The maximum absolute atomic E-state index is 14.0. The van der Waals surface area contributed by atoms with E-state index in [0.717, 1.165) is 22.3 Å². The van der Waals surface area contributed by atoms with Crippen molar-refractivity contribution in [3.63, 3.8) is 0 Å². The molecule has 6 rings (SSSR count). The van der Waals surface area contributed by atoms with Gasteiger partial charge in [-0.2, -0.15) is 0 Å². The second-order valence-corrected chi connectivity index (χ2v) is 23.1. The van der Waals surface area contributed by atoms with Crippen LogP contribution in [0, 0.1) is 0 Å². The van der Waals surface area contributed by atoms with Gasteiger partial charge in [-0.3, -0.25) is 4.79 Å². The Labute approximate surface area is 370 Å². The van der Waals surface area contributed by atoms with Gasteiger partial charge in [-0.25, -0.2) is 0 Å². The summed E-state index contributed by atoms with van der Waals surface area (Å²) in [5.41, 5.74) is 5.24. The number of benzene rings is 4. The van der Waals surface area contributed by atoms with Crippen molar-refractivity contribution in [1.82, 2.24) is 0 Å². The van der Waals surface area contributed by atoms with Crippen LogP contribution < -0.4 is 0 Å². The highest BCUT2D eigenvalue weighted by atomic mass is 28.4. The maximum Gasteiger partial charge on any atom is 0.200 e. The highest BCUT2D eigenvalue weighted by Gasteiger charge is 2.49. The van der Waals surface area contributed by atoms with Crippen molar-refractivity contribution >= 4 is 14.1 Å². The van der Waals surface area contributed by atoms with E-state index >= 15 is 0 Å². The number of aliphatic hydroxyl groups excluding tert-OH is 1. The monoisotopic (exact) mass is 864 g/mol. The van der Waals surface area contributed by atoms with Crippen LogP contribution >= 0.6 is 0 Å². The van der Waals surface area contributed by atoms with Gasteiger partial charge in [-0.1, -0.05) is 163 Å². The molecule has 2 aliphatic rings. The topological polar surface area (TPSA) is 102 Å². The molecular formula is C52H68O9Si. The first kappa shape index (κ1) is 47.7. The Kier molecular flexibility index (Phi) is 18.3. The molecule has 0 bridgehead atoms. The Balaban J connectivity index is 1.26. The molecule has 1 saturated heterocycles. The summed E-state index contributed by atoms with van der Waals surface area (Å²) < 4.78 is 46.8. The average Bonchev–Trinajstić information content (AvgIpc) is 3.42. The van der Waals surface area contributed by atoms with Crippen molar-refractivity contribution in [2.75, 3.05) is 13.2 Å². The molecule has 0 saturated carbocycles. The predicted molar refractivity (Wildman–Crippen MR) is 245 cm³/mol. The van der Waals surface area contributed by atoms with Gasteiger partial charge in [0.1, 0.15) is 36.6 Å². The standard InChI is InChI=1S/C52H68O9Si/c1-37(2)62(38(3)4,39(5)6)59-30-29-46-51(57-34-42-23-15-9-16-24-42)52(58-35-43-25-17-10-18-26-43)50(54)48(60-46)31-47-44(53)27-28-45(56-33-41-21-13-8-14-22-41)49(61-47)36-55-32-40-19-11-7-12-20-40/h7-28,37-39,45-52,54H,29-36H2,1-6H3/t45-,46-,47-,48+,49+,50+,51-,52-/m0/s1. The summed E-state index contributed by atoms with van der Waals surface area (Å²) in [6, 6.07) is 39.8. The van der Waals surface area contributed by atoms with E-state index in [1.54, 1.807) is 12.2 Å². The fraction of sp³-hybridized carbons (Fsp3) is 0.481. The number of hydrogen-bond donors (Lipinski definition) is 1. The Morgan fingerprint density at radius 3 is 1.55 bits per heavy atom. The number of hydrogen-bond acceptors (Lipinski definition) is 9. The number of ether oxygens (including phenoxy) is 6. The van der Waals surface area contributed by atoms with E-state index in [2.05, 4.69) is 41.5 Å². The molecule has 0 radical (unpaired) electrons. The molecule has 1 N–H and O–H groups in total. The fourth-order valence-electron chi connectivity index (χ4n) is 9.30. The van der Waals surface area contributed by atoms with Gasteiger partial charge in [0.25, 0.3) is 0 Å². The van der Waals surface area contributed by atoms with Crippen molar-refractivity contribution in [2.45, 2.75) is 146 Å². The van der Waals surface area contributed by atoms with Gasteiger partial charge in [0.2, 0.25) is 0 Å². The van der Waals surface area contributed by atoms with Crippen molar-refractivity contribution in [1.29, 1.82) is 0 Å². The molecule has 334 valence electrons. The number of carbonyl (C=O) groups excluding carboxylic acids is 1. The summed E-state index contributed by atoms with van der Waals surface area (Å²) >= 11 is 0. The largest absolute Gasteiger partial charge is 0.416 e. The molecule has 0 unspecified atom stereocenters. The zero-order valence-corrected chi connectivity index (χ0v) is 38.4. The minimum Gasteiger partial charge on any atom is -0.416 e. The molecule has 0 aliphatic carbocycles. The molecular weight excluding hydrogens is 797 g/mol. The van der Waals surface area contributed by atoms with Crippen molar-refractivity contribution in [3.05, 3.63) is 156 Å². The third-order valence-electron chi connectivity index (χ3n) is 12.4. The van der Waals surface area contributed by atoms with Crippen LogP contribution in [0.3, 0.4) is 0 Å². The highest BCUT2D eigenvalue weighted by Crippen LogP contribution is 2.43. The van der Waals surface area contributed by atoms with Gasteiger partial charge in [0.05, 0.1) is 45.2 Å². The minimum absolute atomic E-state index is 0.0849. The lowest BCUT2D eigenvalue weighted by Crippen LogP contribution is -2.60. The summed E-state index contributed by atoms with van der Waals surface area (Å²) in [7, 11) is -2.21. The molecule has 4 aromatic carbocycles. The van der Waals surface area contributed by atoms with Gasteiger partial charge in [-0.15, -0.1) is 0 Å². The number of rotatable bonds is 22. The van der Waals surface area contributed by atoms with Crippen LogP contribution in [0.5, 0.6) is 0 Å². The van der Waals surface area contributed by atoms with Gasteiger partial charge < -0.3 is 38.0 Å². The molecule has 2 aliphatic heterocycles. The third-order valence-corrected chi connectivity index (χ3v) is 18.5. The van der Waals surface area contributed by atoms with E-state index in [1.165, 1.54) is 0 Å². The number of ketones is 1. The lowest BCUT2D eigenvalue weighted by Gasteiger charge is -2.46. The average molecular weight is 865 g/mol. The summed E-state index contributed by atoms with van der Waals surface area (Å²) in [5.74, 6) is -0.231. The van der Waals surface area contributed by atoms with Gasteiger partial charge in [-0.05, 0) is 57.5 Å². The third kappa shape index (κ3) is 12.9. The fourth-order valence-corrected chi connectivity index (χ4v) is 14.8. The molecule has 0 aromatic heterocycles. The van der Waals surface area contributed by atoms with E-state index in [0.29, 0.717) is 49.5 Å². The molecule has 9 nitrogen and oxygen atoms in total. The molecule has 0 amide bonds. The van der Waals surface area contributed by atoms with Crippen molar-refractivity contribution in [2.24, 2.45) is 0 Å². The van der Waals surface area contributed by atoms with Crippen LogP contribution in [0.4, 0.5) is 0 Å². The molecule has 10 heteroatoms. The van der Waals surface area contributed by atoms with Gasteiger partial charge in [0, 0.05) is 13.0 Å². The second kappa shape index (κ2) is 23.8. The van der Waals surface area contributed by atoms with Crippen molar-refractivity contribution < 1.29 is 42.7 Å². The second-order valence-electron chi connectivity index (χ2n) is 17.6. The smallest absolute Gasteiger partial charge is 0.200 e. The molecule has 1 fully saturated rings. The van der Waals surface area contributed by atoms with Crippen LogP contribution in [-0.2, 0) is 64.1 Å². The van der Waals surface area contributed by atoms with E-state index < -0.39 is 57.1 Å². The summed E-state index contributed by atoms with van der Waals surface area (Å²) in [5, 5.41) is 12.4. The zero-order chi connectivity index (χ0) is 43.9. The Bertz CT molecular complexity index is 1890. The summed E-state index contributed by atoms with van der Waals surface area (Å²) in [6.07, 6.45) is -2.12. The Morgan fingerprint density at radius 1 is 0.581 bits per heavy atom. The molecule has 2 heterocycles. The van der Waals surface area contributed by atoms with Crippen molar-refractivity contribution in [3.8, 4) is 0 Å². The molecule has 0 spiro atoms. The van der Waals surface area contributed by atoms with Gasteiger partial charge in [0.15, 0.2) is 14.1 Å². The zero-order valence-electron chi connectivity index (χ0n) is 37.4. The first-order valence-corrected chi connectivity index (χ1v) is 24.6. The van der Waals surface area contributed by atoms with E-state index in [4.69, 9.17) is 32.8 Å². The predicted octanol–water partition coefficient (Wildman–Crippen LogP) is 9.95. The summed E-state index contributed by atoms with van der Waals surface area (Å²) in [4.78, 5) is 14.0. The van der Waals surface area contributed by atoms with Crippen LogP contribution in [-0.4, -0.2) is 81.3 Å². The lowest BCUT2D eigenvalue weighted by atomic mass is 9.89. The maximum atomic E-state index is 14.0. The SMILES string of the molecule is CC(C)[Si](OCC[C@@H]1O[C@H](C[C@@H]2O[C@H](COCc3ccccc3)[C@@H](OCc3ccccc3)C=CC2=O)[C@@H](O)[C@H](OCc2ccccc2)[C@H]1OCc1ccccc1)(C(C)C)C(C)C. The quantitative estimate of drug-likeness (QED) is 0.0774. The van der Waals surface area contributed by atoms with E-state index in [1.807, 2.05) is 121 Å². The van der Waals surface area contributed by atoms with Crippen LogP contribution in [0.25, 0.3) is 0 Å². The molecule has 8 atom stereocenters. The first-order chi connectivity index (χ1) is 30.0. The van der Waals surface area contributed by atoms with Crippen LogP contribution in [0.1, 0.15) is 76.6 Å². The minimum atomic E-state index is -2.21. The highest BCUT2D eigenvalue weighted by molar-refractivity contribution is 6.77. The van der Waals surface area contributed by atoms with Crippen LogP contribution in [0.2, 0.25) is 16.6 Å². The van der Waals surface area contributed by atoms with Gasteiger partial charge >= 0.3 is 0 Å². The lowest BCUT2D eigenvalue weighted by molar-refractivity contribution is -0.259. The molecule has 4 aromatic rings. The van der Waals surface area contributed by atoms with E-state index in [-0.39, 0.29) is 25.4 Å². The normalized spacial score (nSPS) is 24.5. The Hall–Kier alpha value is -3.81. The molecule has 62 heavy (non-hydrogen) atoms. The summed E-state index contributed by atoms with van der Waals surface area (Å²) in [6.45, 7) is 15.6. The van der Waals surface area contributed by atoms with E-state index in [9.17, 15) is 9.90 Å². The first-order valence-electron chi connectivity index (χ1n) is 22.5. The number of carbonyl (C=O) groups is 1. The Morgan fingerprint density at radius 2 is 1.05 bits per heavy atom. The van der Waals surface area contributed by atoms with Crippen LogP contribution in [0.15, 0.2) is 133 Å².